The van der Waals surface area contributed by atoms with Gasteiger partial charge in [-0.15, -0.1) is 0 Å². The van der Waals surface area contributed by atoms with Crippen LogP contribution in [0.4, 0.5) is 5.82 Å². The molecule has 9 heteroatoms. The maximum atomic E-state index is 13.5. The van der Waals surface area contributed by atoms with Crippen molar-refractivity contribution in [2.24, 2.45) is 0 Å². The van der Waals surface area contributed by atoms with Gasteiger partial charge in [-0.1, -0.05) is 61.2 Å². The van der Waals surface area contributed by atoms with Crippen LogP contribution in [-0.2, 0) is 16.1 Å². The van der Waals surface area contributed by atoms with Crippen molar-refractivity contribution < 1.29 is 9.53 Å². The first kappa shape index (κ1) is 25.2. The molecule has 2 fully saturated rings. The zero-order chi connectivity index (χ0) is 25.1. The number of hydrogen-bond acceptors (Lipinski definition) is 7. The van der Waals surface area contributed by atoms with Crippen molar-refractivity contribution in [1.29, 1.82) is 5.26 Å². The van der Waals surface area contributed by atoms with Crippen LogP contribution >= 0.6 is 24.0 Å². The Balaban J connectivity index is 1.85. The molecule has 0 saturated carbocycles. The Morgan fingerprint density at radius 2 is 1.91 bits per heavy atom. The molecule has 3 heterocycles. The molecule has 2 aliphatic heterocycles. The van der Waals surface area contributed by atoms with Crippen molar-refractivity contribution in [3.63, 3.8) is 0 Å². The lowest BCUT2D eigenvalue weighted by atomic mass is 10.0. The number of carbonyl (C=O) groups is 1. The van der Waals surface area contributed by atoms with E-state index in [2.05, 4.69) is 11.0 Å². The number of nitrogens with zero attached hydrogens (tertiary/aromatic N) is 4. The van der Waals surface area contributed by atoms with E-state index >= 15 is 0 Å². The summed E-state index contributed by atoms with van der Waals surface area (Å²) in [7, 11) is 0. The summed E-state index contributed by atoms with van der Waals surface area (Å²) in [4.78, 5) is 31.0. The van der Waals surface area contributed by atoms with Gasteiger partial charge in [-0.2, -0.15) is 5.26 Å². The second kappa shape index (κ2) is 10.8. The highest BCUT2D eigenvalue weighted by Gasteiger charge is 2.36. The van der Waals surface area contributed by atoms with Crippen LogP contribution < -0.4 is 10.5 Å². The molecule has 0 bridgehead atoms. The van der Waals surface area contributed by atoms with Crippen LogP contribution in [0.5, 0.6) is 0 Å². The molecule has 0 spiro atoms. The number of ether oxygens (including phenoxy) is 1. The number of rotatable bonds is 6. The molecule has 1 aromatic heterocycles. The van der Waals surface area contributed by atoms with Crippen LogP contribution in [0.15, 0.2) is 40.0 Å². The lowest BCUT2D eigenvalue weighted by Crippen LogP contribution is -2.41. The monoisotopic (exact) mass is 508 g/mol. The average molecular weight is 509 g/mol. The van der Waals surface area contributed by atoms with Crippen molar-refractivity contribution in [2.75, 3.05) is 31.2 Å². The Hall–Kier alpha value is -2.93. The first-order valence-electron chi connectivity index (χ1n) is 11.7. The predicted molar refractivity (Wildman–Crippen MR) is 143 cm³/mol. The molecule has 182 valence electrons. The highest BCUT2D eigenvalue weighted by atomic mass is 32.2. The number of nitriles is 1. The maximum Gasteiger partial charge on any atom is 0.270 e. The SMILES string of the molecule is CCCn1c(N2CCOCC2)c(/C=C2\SC(=S)N(C(C)c3ccccc3)C2=O)c(C)c(C#N)c1=O. The molecule has 2 aromatic rings. The number of carbonyl (C=O) groups excluding carboxylic acids is 1. The van der Waals surface area contributed by atoms with Gasteiger partial charge in [0.25, 0.3) is 11.5 Å². The van der Waals surface area contributed by atoms with Crippen molar-refractivity contribution in [1.82, 2.24) is 9.47 Å². The van der Waals surface area contributed by atoms with Gasteiger partial charge in [0, 0.05) is 25.2 Å². The molecule has 7 nitrogen and oxygen atoms in total. The van der Waals surface area contributed by atoms with Gasteiger partial charge >= 0.3 is 0 Å². The Morgan fingerprint density at radius 1 is 1.23 bits per heavy atom. The minimum absolute atomic E-state index is 0.106. The first-order valence-corrected chi connectivity index (χ1v) is 12.9. The van der Waals surface area contributed by atoms with Crippen LogP contribution in [0.25, 0.3) is 6.08 Å². The van der Waals surface area contributed by atoms with E-state index in [1.165, 1.54) is 11.8 Å². The molecule has 35 heavy (non-hydrogen) atoms. The number of thioether (sulfide) groups is 1. The van der Waals surface area contributed by atoms with Crippen molar-refractivity contribution in [3.05, 3.63) is 67.8 Å². The van der Waals surface area contributed by atoms with E-state index in [1.54, 1.807) is 16.4 Å². The molecule has 0 radical (unpaired) electrons. The molecular formula is C26H28N4O3S2. The summed E-state index contributed by atoms with van der Waals surface area (Å²) in [6.45, 7) is 8.57. The van der Waals surface area contributed by atoms with Crippen molar-refractivity contribution in [3.8, 4) is 6.07 Å². The highest BCUT2D eigenvalue weighted by molar-refractivity contribution is 8.26. The Kier molecular flexibility index (Phi) is 7.75. The van der Waals surface area contributed by atoms with Gasteiger partial charge in [-0.05, 0) is 37.5 Å². The lowest BCUT2D eigenvalue weighted by molar-refractivity contribution is -0.123. The summed E-state index contributed by atoms with van der Waals surface area (Å²) in [5.74, 6) is 0.563. The van der Waals surface area contributed by atoms with Gasteiger partial charge in [0.15, 0.2) is 0 Å². The van der Waals surface area contributed by atoms with Crippen LogP contribution in [0.3, 0.4) is 0 Å². The van der Waals surface area contributed by atoms with E-state index in [1.807, 2.05) is 50.3 Å². The fourth-order valence-electron chi connectivity index (χ4n) is 4.52. The van der Waals surface area contributed by atoms with E-state index in [-0.39, 0.29) is 23.1 Å². The Morgan fingerprint density at radius 3 is 2.54 bits per heavy atom. The fourth-order valence-corrected chi connectivity index (χ4v) is 5.92. The summed E-state index contributed by atoms with van der Waals surface area (Å²) >= 11 is 6.86. The smallest absolute Gasteiger partial charge is 0.270 e. The third-order valence-electron chi connectivity index (χ3n) is 6.37. The number of aromatic nitrogens is 1. The number of hydrogen-bond donors (Lipinski definition) is 0. The van der Waals surface area contributed by atoms with Crippen LogP contribution in [0.2, 0.25) is 0 Å². The highest BCUT2D eigenvalue weighted by Crippen LogP contribution is 2.39. The summed E-state index contributed by atoms with van der Waals surface area (Å²) in [6.07, 6.45) is 2.55. The molecule has 0 N–H and O–H groups in total. The fraction of sp³-hybridized carbons (Fsp3) is 0.385. The Bertz CT molecular complexity index is 1270. The van der Waals surface area contributed by atoms with E-state index in [0.29, 0.717) is 53.2 Å². The van der Waals surface area contributed by atoms with Gasteiger partial charge in [-0.3, -0.25) is 19.1 Å². The van der Waals surface area contributed by atoms with Gasteiger partial charge < -0.3 is 9.64 Å². The number of morpholine rings is 1. The third-order valence-corrected chi connectivity index (χ3v) is 7.70. The van der Waals surface area contributed by atoms with Crippen molar-refractivity contribution >= 4 is 46.1 Å². The quantitative estimate of drug-likeness (QED) is 0.427. The van der Waals surface area contributed by atoms with Gasteiger partial charge in [-0.25, -0.2) is 0 Å². The zero-order valence-electron chi connectivity index (χ0n) is 20.1. The van der Waals surface area contributed by atoms with Crippen LogP contribution in [-0.4, -0.2) is 46.0 Å². The normalized spacial score (nSPS) is 18.3. The zero-order valence-corrected chi connectivity index (χ0v) is 21.7. The summed E-state index contributed by atoms with van der Waals surface area (Å²) < 4.78 is 7.70. The van der Waals surface area contributed by atoms with Crippen LogP contribution in [0, 0.1) is 18.3 Å². The second-order valence-electron chi connectivity index (χ2n) is 8.54. The van der Waals surface area contributed by atoms with E-state index in [0.717, 1.165) is 17.8 Å². The summed E-state index contributed by atoms with van der Waals surface area (Å²) in [6, 6.07) is 11.7. The molecular weight excluding hydrogens is 480 g/mol. The maximum absolute atomic E-state index is 13.5. The topological polar surface area (TPSA) is 78.6 Å². The molecule has 1 aromatic carbocycles. The van der Waals surface area contributed by atoms with E-state index in [4.69, 9.17) is 17.0 Å². The third kappa shape index (κ3) is 4.79. The van der Waals surface area contributed by atoms with E-state index in [9.17, 15) is 14.9 Å². The molecule has 4 rings (SSSR count). The average Bonchev–Trinajstić information content (AvgIpc) is 3.15. The molecule has 2 aliphatic rings. The lowest BCUT2D eigenvalue weighted by Gasteiger charge is -2.33. The number of pyridine rings is 1. The van der Waals surface area contributed by atoms with Crippen LogP contribution in [0.1, 0.15) is 48.6 Å². The van der Waals surface area contributed by atoms with E-state index < -0.39 is 0 Å². The number of benzene rings is 1. The summed E-state index contributed by atoms with van der Waals surface area (Å²) in [5.41, 5.74) is 2.10. The molecule has 2 saturated heterocycles. The summed E-state index contributed by atoms with van der Waals surface area (Å²) in [5, 5.41) is 9.79. The molecule has 1 unspecified atom stereocenters. The predicted octanol–water partition coefficient (Wildman–Crippen LogP) is 4.24. The first-order chi connectivity index (χ1) is 16.9. The van der Waals surface area contributed by atoms with Gasteiger partial charge in [0.2, 0.25) is 0 Å². The molecule has 1 atom stereocenters. The van der Waals surface area contributed by atoms with Gasteiger partial charge in [0.1, 0.15) is 21.8 Å². The number of anilines is 1. The standard InChI is InChI=1S/C26H28N4O3S2/c1-4-10-29-23(28-11-13-33-14-12-28)20(17(2)21(16-27)24(29)31)15-22-25(32)30(26(34)35-22)18(3)19-8-6-5-7-9-19/h5-9,15,18H,4,10-14H2,1-3H3/b22-15-. The minimum Gasteiger partial charge on any atom is -0.378 e. The van der Waals surface area contributed by atoms with Gasteiger partial charge in [0.05, 0.1) is 24.2 Å². The Labute approximate surface area is 215 Å². The van der Waals surface area contributed by atoms with Crippen molar-refractivity contribution in [2.45, 2.75) is 39.8 Å². The number of amides is 1. The second-order valence-corrected chi connectivity index (χ2v) is 10.2. The largest absolute Gasteiger partial charge is 0.378 e. The number of thiocarbonyl (C=S) groups is 1. The minimum atomic E-state index is -0.296. The molecule has 1 amide bonds. The molecule has 0 aliphatic carbocycles.